The van der Waals surface area contributed by atoms with Crippen molar-refractivity contribution in [2.75, 3.05) is 4.90 Å². The van der Waals surface area contributed by atoms with Crippen molar-refractivity contribution in [1.82, 2.24) is 0 Å². The molecule has 0 aromatic heterocycles. The normalized spacial score (nSPS) is 15.6. The molecule has 0 atom stereocenters. The molecule has 0 heterocycles. The van der Waals surface area contributed by atoms with Gasteiger partial charge in [-0.25, -0.2) is 0 Å². The Hall–Kier alpha value is -6.96. The highest BCUT2D eigenvalue weighted by atomic mass is 15.1. The molecule has 0 radical (unpaired) electrons. The summed E-state index contributed by atoms with van der Waals surface area (Å²) in [6.45, 7) is 7.05. The molecule has 0 saturated carbocycles. The first-order valence-electron chi connectivity index (χ1n) is 21.5. The summed E-state index contributed by atoms with van der Waals surface area (Å²) in [5, 5.41) is 0. The molecule has 0 amide bonds. The van der Waals surface area contributed by atoms with Gasteiger partial charge in [-0.1, -0.05) is 183 Å². The number of aryl methyl sites for hydroxylation is 1. The highest BCUT2D eigenvalue weighted by molar-refractivity contribution is 6.00. The first-order valence-corrected chi connectivity index (χ1v) is 21.5. The van der Waals surface area contributed by atoms with Gasteiger partial charge in [0, 0.05) is 22.5 Å². The second-order valence-corrected chi connectivity index (χ2v) is 17.6. The van der Waals surface area contributed by atoms with Crippen molar-refractivity contribution in [2.45, 2.75) is 44.4 Å². The van der Waals surface area contributed by atoms with Gasteiger partial charge in [0.25, 0.3) is 0 Å². The SMILES string of the molecule is Cc1ccc2c(c1)C1(c3ccccc3-c3ccccc31)c1cccc(-c3ccc(N(c4ccc(-c5ccccc5)cc4)c4ccc5c(c4)C(C)(C)C4=C5C=CCC4)cc3)c1-2. The fourth-order valence-corrected chi connectivity index (χ4v) is 11.4. The molecule has 0 aliphatic heterocycles. The molecular formula is C59H45N. The number of nitrogens with zero attached hydrogens (tertiary/aromatic N) is 1. The van der Waals surface area contributed by atoms with Gasteiger partial charge in [-0.3, -0.25) is 0 Å². The molecule has 12 rings (SSSR count). The predicted molar refractivity (Wildman–Crippen MR) is 251 cm³/mol. The van der Waals surface area contributed by atoms with Crippen LogP contribution >= 0.6 is 0 Å². The van der Waals surface area contributed by atoms with Gasteiger partial charge >= 0.3 is 0 Å². The minimum atomic E-state index is -0.367. The lowest BCUT2D eigenvalue weighted by molar-refractivity contribution is 0.607. The Morgan fingerprint density at radius 2 is 1.02 bits per heavy atom. The largest absolute Gasteiger partial charge is 0.310 e. The van der Waals surface area contributed by atoms with E-state index in [9.17, 15) is 0 Å². The van der Waals surface area contributed by atoms with Crippen molar-refractivity contribution in [3.8, 4) is 44.5 Å². The van der Waals surface area contributed by atoms with Crippen molar-refractivity contribution >= 4 is 22.6 Å². The third-order valence-corrected chi connectivity index (χ3v) is 14.1. The van der Waals surface area contributed by atoms with Crippen LogP contribution in [-0.4, -0.2) is 0 Å². The first-order chi connectivity index (χ1) is 29.4. The van der Waals surface area contributed by atoms with E-state index < -0.39 is 0 Å². The Balaban J connectivity index is 1.00. The highest BCUT2D eigenvalue weighted by Gasteiger charge is 2.52. The lowest BCUT2D eigenvalue weighted by Gasteiger charge is -2.30. The summed E-state index contributed by atoms with van der Waals surface area (Å²) in [6, 6.07) is 68.5. The lowest BCUT2D eigenvalue weighted by Crippen LogP contribution is -2.25. The zero-order valence-corrected chi connectivity index (χ0v) is 34.3. The van der Waals surface area contributed by atoms with Gasteiger partial charge in [-0.05, 0) is 140 Å². The van der Waals surface area contributed by atoms with Gasteiger partial charge in [0.15, 0.2) is 0 Å². The maximum Gasteiger partial charge on any atom is 0.0725 e. The molecule has 4 aliphatic rings. The van der Waals surface area contributed by atoms with Gasteiger partial charge in [0.05, 0.1) is 5.41 Å². The molecular weight excluding hydrogens is 723 g/mol. The molecule has 0 unspecified atom stereocenters. The maximum absolute atomic E-state index is 2.46. The van der Waals surface area contributed by atoms with Crippen molar-refractivity contribution in [2.24, 2.45) is 0 Å². The van der Waals surface area contributed by atoms with E-state index >= 15 is 0 Å². The van der Waals surface area contributed by atoms with Crippen molar-refractivity contribution in [3.05, 3.63) is 239 Å². The molecule has 4 aliphatic carbocycles. The fraction of sp³-hybridized carbons (Fsp3) is 0.119. The summed E-state index contributed by atoms with van der Waals surface area (Å²) in [6.07, 6.45) is 6.94. The van der Waals surface area contributed by atoms with Crippen LogP contribution in [0.25, 0.3) is 50.1 Å². The first kappa shape index (κ1) is 35.0. The maximum atomic E-state index is 2.46. The van der Waals surface area contributed by atoms with Crippen LogP contribution in [0, 0.1) is 6.92 Å². The second kappa shape index (κ2) is 13.0. The van der Waals surface area contributed by atoms with Crippen LogP contribution in [0.2, 0.25) is 0 Å². The number of anilines is 3. The minimum absolute atomic E-state index is 0.0155. The number of fused-ring (bicyclic) bond motifs is 12. The quantitative estimate of drug-likeness (QED) is 0.169. The summed E-state index contributed by atoms with van der Waals surface area (Å²) in [5.41, 5.74) is 25.9. The Bertz CT molecular complexity index is 3060. The van der Waals surface area contributed by atoms with Crippen LogP contribution in [-0.2, 0) is 10.8 Å². The van der Waals surface area contributed by atoms with E-state index in [0.29, 0.717) is 0 Å². The van der Waals surface area contributed by atoms with Gasteiger partial charge < -0.3 is 4.90 Å². The van der Waals surface area contributed by atoms with Crippen LogP contribution in [0.3, 0.4) is 0 Å². The van der Waals surface area contributed by atoms with Crippen LogP contribution in [0.15, 0.2) is 200 Å². The second-order valence-electron chi connectivity index (χ2n) is 17.6. The zero-order valence-electron chi connectivity index (χ0n) is 34.3. The number of rotatable bonds is 5. The predicted octanol–water partition coefficient (Wildman–Crippen LogP) is 15.5. The number of hydrogen-bond acceptors (Lipinski definition) is 1. The van der Waals surface area contributed by atoms with Gasteiger partial charge in [-0.2, -0.15) is 0 Å². The molecule has 286 valence electrons. The topological polar surface area (TPSA) is 3.24 Å². The Kier molecular flexibility index (Phi) is 7.60. The van der Waals surface area contributed by atoms with E-state index in [1.165, 1.54) is 94.7 Å². The number of hydrogen-bond donors (Lipinski definition) is 0. The number of benzene rings is 8. The van der Waals surface area contributed by atoms with Crippen LogP contribution < -0.4 is 4.90 Å². The molecule has 0 fully saturated rings. The lowest BCUT2D eigenvalue weighted by atomic mass is 9.70. The molecule has 1 spiro atoms. The Morgan fingerprint density at radius 1 is 0.433 bits per heavy atom. The average Bonchev–Trinajstić information content (AvgIpc) is 3.85. The molecule has 1 heteroatoms. The van der Waals surface area contributed by atoms with E-state index in [0.717, 1.165) is 24.2 Å². The Morgan fingerprint density at radius 3 is 1.73 bits per heavy atom. The average molecular weight is 768 g/mol. The Labute approximate surface area is 353 Å². The van der Waals surface area contributed by atoms with E-state index in [1.807, 2.05) is 0 Å². The number of allylic oxidation sites excluding steroid dienone is 4. The summed E-state index contributed by atoms with van der Waals surface area (Å²) < 4.78 is 0. The molecule has 8 aromatic rings. The molecule has 8 aromatic carbocycles. The molecule has 1 nitrogen and oxygen atoms in total. The highest BCUT2D eigenvalue weighted by Crippen LogP contribution is 2.64. The monoisotopic (exact) mass is 767 g/mol. The van der Waals surface area contributed by atoms with Crippen LogP contribution in [0.4, 0.5) is 17.1 Å². The van der Waals surface area contributed by atoms with E-state index in [4.69, 9.17) is 0 Å². The molecule has 0 N–H and O–H groups in total. The third kappa shape index (κ3) is 4.87. The summed E-state index contributed by atoms with van der Waals surface area (Å²) >= 11 is 0. The summed E-state index contributed by atoms with van der Waals surface area (Å²) in [4.78, 5) is 2.44. The third-order valence-electron chi connectivity index (χ3n) is 14.1. The zero-order chi connectivity index (χ0) is 40.2. The van der Waals surface area contributed by atoms with Crippen molar-refractivity contribution < 1.29 is 0 Å². The van der Waals surface area contributed by atoms with Crippen LogP contribution in [0.1, 0.15) is 65.6 Å². The van der Waals surface area contributed by atoms with Gasteiger partial charge in [-0.15, -0.1) is 0 Å². The van der Waals surface area contributed by atoms with Gasteiger partial charge in [0.2, 0.25) is 0 Å². The summed E-state index contributed by atoms with van der Waals surface area (Å²) in [7, 11) is 0. The molecule has 0 bridgehead atoms. The summed E-state index contributed by atoms with van der Waals surface area (Å²) in [5.74, 6) is 0. The standard InChI is InChI=1S/C59H45N/c1-38-24-34-50-56(36-38)59(52-21-11-8-17-47(52)48-18-9-12-22-53(48)59)54-23-13-19-45(57(50)54)41-27-31-43(32-28-41)60(42-29-25-40(26-30-42)39-14-5-4-6-15-39)44-33-35-49-46-16-7-10-20-51(46)58(2,3)55(49)37-44/h4-9,11-19,21-37H,10,20H2,1-3H3. The fourth-order valence-electron chi connectivity index (χ4n) is 11.4. The van der Waals surface area contributed by atoms with Crippen molar-refractivity contribution in [1.29, 1.82) is 0 Å². The van der Waals surface area contributed by atoms with Crippen LogP contribution in [0.5, 0.6) is 0 Å². The van der Waals surface area contributed by atoms with Crippen molar-refractivity contribution in [3.63, 3.8) is 0 Å². The molecule has 60 heavy (non-hydrogen) atoms. The minimum Gasteiger partial charge on any atom is -0.310 e. The van der Waals surface area contributed by atoms with E-state index in [1.54, 1.807) is 5.57 Å². The van der Waals surface area contributed by atoms with E-state index in [2.05, 4.69) is 220 Å². The van der Waals surface area contributed by atoms with Gasteiger partial charge in [0.1, 0.15) is 0 Å². The molecule has 0 saturated heterocycles. The smallest absolute Gasteiger partial charge is 0.0725 e. The van der Waals surface area contributed by atoms with E-state index in [-0.39, 0.29) is 10.8 Å².